The van der Waals surface area contributed by atoms with Gasteiger partial charge in [0.05, 0.1) is 37.0 Å². The predicted octanol–water partition coefficient (Wildman–Crippen LogP) is 4.71. The molecule has 1 amide bonds. The number of hydrogen-bond acceptors (Lipinski definition) is 6. The summed E-state index contributed by atoms with van der Waals surface area (Å²) in [6, 6.07) is 11.6. The van der Waals surface area contributed by atoms with Gasteiger partial charge in [0.2, 0.25) is 0 Å². The number of ketones is 1. The van der Waals surface area contributed by atoms with Crippen LogP contribution in [0.3, 0.4) is 0 Å². The Hall–Kier alpha value is -3.48. The van der Waals surface area contributed by atoms with Crippen molar-refractivity contribution >= 4 is 17.4 Å². The van der Waals surface area contributed by atoms with E-state index in [2.05, 4.69) is 0 Å². The molecule has 1 aliphatic rings. The molecule has 176 valence electrons. The van der Waals surface area contributed by atoms with E-state index in [0.717, 1.165) is 5.56 Å². The Morgan fingerprint density at radius 1 is 0.879 bits per heavy atom. The lowest BCUT2D eigenvalue weighted by atomic mass is 9.95. The molecule has 7 heteroatoms. The van der Waals surface area contributed by atoms with E-state index in [9.17, 15) is 14.7 Å². The first-order chi connectivity index (χ1) is 16.0. The normalized spacial score (nSPS) is 17.3. The van der Waals surface area contributed by atoms with Gasteiger partial charge in [-0.15, -0.1) is 0 Å². The van der Waals surface area contributed by atoms with Crippen molar-refractivity contribution in [1.82, 2.24) is 4.90 Å². The number of benzene rings is 2. The van der Waals surface area contributed by atoms with Crippen LogP contribution in [0.2, 0.25) is 0 Å². The van der Waals surface area contributed by atoms with Crippen molar-refractivity contribution in [2.75, 3.05) is 26.4 Å². The van der Waals surface area contributed by atoms with Gasteiger partial charge >= 0.3 is 0 Å². The molecule has 1 fully saturated rings. The van der Waals surface area contributed by atoms with Crippen molar-refractivity contribution in [3.05, 3.63) is 59.2 Å². The maximum absolute atomic E-state index is 13.1. The molecular weight excluding hydrogens is 422 g/mol. The van der Waals surface area contributed by atoms with Crippen molar-refractivity contribution in [3.63, 3.8) is 0 Å². The molecule has 0 aliphatic carbocycles. The molecule has 3 rings (SSSR count). The van der Waals surface area contributed by atoms with Crippen molar-refractivity contribution in [2.24, 2.45) is 0 Å². The molecule has 1 aliphatic heterocycles. The van der Waals surface area contributed by atoms with Crippen LogP contribution < -0.4 is 14.2 Å². The maximum atomic E-state index is 13.1. The van der Waals surface area contributed by atoms with Gasteiger partial charge in [0.15, 0.2) is 0 Å². The smallest absolute Gasteiger partial charge is 0.295 e. The van der Waals surface area contributed by atoms with Gasteiger partial charge in [-0.3, -0.25) is 9.59 Å². The maximum Gasteiger partial charge on any atom is 0.295 e. The van der Waals surface area contributed by atoms with Crippen LogP contribution in [0.1, 0.15) is 51.3 Å². The van der Waals surface area contributed by atoms with Gasteiger partial charge in [-0.1, -0.05) is 19.1 Å². The highest BCUT2D eigenvalue weighted by Crippen LogP contribution is 2.42. The van der Waals surface area contributed by atoms with E-state index in [1.165, 1.54) is 4.90 Å². The summed E-state index contributed by atoms with van der Waals surface area (Å²) in [5.74, 6) is 0.0635. The number of ether oxygens (including phenoxy) is 3. The van der Waals surface area contributed by atoms with E-state index in [1.54, 1.807) is 30.3 Å². The number of rotatable bonds is 10. The highest BCUT2D eigenvalue weighted by atomic mass is 16.5. The molecule has 1 N–H and O–H groups in total. The topological polar surface area (TPSA) is 85.3 Å². The Morgan fingerprint density at radius 2 is 1.48 bits per heavy atom. The van der Waals surface area contributed by atoms with Crippen LogP contribution in [-0.2, 0) is 9.59 Å². The zero-order valence-corrected chi connectivity index (χ0v) is 19.6. The minimum absolute atomic E-state index is 0.0442. The number of hydrogen-bond donors (Lipinski definition) is 1. The first-order valence-corrected chi connectivity index (χ1v) is 11.4. The van der Waals surface area contributed by atoms with Crippen LogP contribution in [0.5, 0.6) is 17.2 Å². The van der Waals surface area contributed by atoms with E-state index in [4.69, 9.17) is 14.2 Å². The van der Waals surface area contributed by atoms with Gasteiger partial charge in [-0.2, -0.15) is 0 Å². The number of nitrogens with zero attached hydrogens (tertiary/aromatic N) is 1. The van der Waals surface area contributed by atoms with E-state index in [-0.39, 0.29) is 11.3 Å². The molecule has 1 unspecified atom stereocenters. The van der Waals surface area contributed by atoms with E-state index < -0.39 is 17.7 Å². The standard InChI is InChI=1S/C26H31NO6/c1-5-15-27-23(17-9-11-18(12-10-17)31-6-2)22(25(29)26(27)30)24(28)20-14-13-19(32-7-3)16-21(20)33-8-4/h9-14,16,23,28H,5-8,15H2,1-4H3/b24-22-. The molecule has 1 atom stereocenters. The number of aliphatic hydroxyl groups is 1. The van der Waals surface area contributed by atoms with Crippen LogP contribution in [0.15, 0.2) is 48.0 Å². The quantitative estimate of drug-likeness (QED) is 0.318. The first kappa shape index (κ1) is 24.2. The molecule has 33 heavy (non-hydrogen) atoms. The molecule has 0 bridgehead atoms. The zero-order valence-electron chi connectivity index (χ0n) is 19.6. The number of Topliss-reactive ketones (excluding diaryl/α,β-unsaturated/α-hetero) is 1. The summed E-state index contributed by atoms with van der Waals surface area (Å²) in [6.07, 6.45) is 0.674. The third-order valence-corrected chi connectivity index (χ3v) is 5.33. The second-order valence-electron chi connectivity index (χ2n) is 7.52. The summed E-state index contributed by atoms with van der Waals surface area (Å²) in [4.78, 5) is 27.5. The predicted molar refractivity (Wildman–Crippen MR) is 126 cm³/mol. The highest BCUT2D eigenvalue weighted by Gasteiger charge is 2.45. The lowest BCUT2D eigenvalue weighted by molar-refractivity contribution is -0.139. The monoisotopic (exact) mass is 453 g/mol. The Labute approximate surface area is 194 Å². The average Bonchev–Trinajstić information content (AvgIpc) is 3.05. The second-order valence-corrected chi connectivity index (χ2v) is 7.52. The summed E-state index contributed by atoms with van der Waals surface area (Å²) in [7, 11) is 0. The molecule has 0 spiro atoms. The van der Waals surface area contributed by atoms with Crippen LogP contribution in [0, 0.1) is 0 Å². The molecule has 1 saturated heterocycles. The Balaban J connectivity index is 2.16. The van der Waals surface area contributed by atoms with Crippen molar-refractivity contribution in [2.45, 2.75) is 40.2 Å². The fourth-order valence-corrected chi connectivity index (χ4v) is 3.99. The van der Waals surface area contributed by atoms with E-state index in [0.29, 0.717) is 55.6 Å². The van der Waals surface area contributed by atoms with E-state index >= 15 is 0 Å². The molecule has 0 radical (unpaired) electrons. The second kappa shape index (κ2) is 10.9. The van der Waals surface area contributed by atoms with Crippen molar-refractivity contribution in [3.8, 4) is 17.2 Å². The number of amides is 1. The average molecular weight is 454 g/mol. The zero-order chi connectivity index (χ0) is 24.0. The fraction of sp³-hybridized carbons (Fsp3) is 0.385. The highest BCUT2D eigenvalue weighted by molar-refractivity contribution is 6.46. The third kappa shape index (κ3) is 4.97. The van der Waals surface area contributed by atoms with Gasteiger partial charge in [-0.25, -0.2) is 0 Å². The molecule has 0 aromatic heterocycles. The molecule has 7 nitrogen and oxygen atoms in total. The number of aliphatic hydroxyl groups excluding tert-OH is 1. The Bertz CT molecular complexity index is 1030. The minimum Gasteiger partial charge on any atom is -0.507 e. The van der Waals surface area contributed by atoms with Gasteiger partial charge in [-0.05, 0) is 57.0 Å². The number of likely N-dealkylation sites (tertiary alicyclic amines) is 1. The number of carbonyl (C=O) groups is 2. The van der Waals surface area contributed by atoms with Gasteiger partial charge in [0, 0.05) is 12.6 Å². The van der Waals surface area contributed by atoms with Crippen molar-refractivity contribution in [1.29, 1.82) is 0 Å². The lowest BCUT2D eigenvalue weighted by Crippen LogP contribution is -2.30. The minimum atomic E-state index is -0.712. The summed E-state index contributed by atoms with van der Waals surface area (Å²) in [5.41, 5.74) is 1.10. The largest absolute Gasteiger partial charge is 0.507 e. The Kier molecular flexibility index (Phi) is 7.98. The summed E-state index contributed by atoms with van der Waals surface area (Å²) in [5, 5.41) is 11.3. The van der Waals surface area contributed by atoms with Crippen LogP contribution in [0.4, 0.5) is 0 Å². The summed E-state index contributed by atoms with van der Waals surface area (Å²) in [6.45, 7) is 9.31. The number of carbonyl (C=O) groups excluding carboxylic acids is 2. The lowest BCUT2D eigenvalue weighted by Gasteiger charge is -2.25. The van der Waals surface area contributed by atoms with Crippen molar-refractivity contribution < 1.29 is 28.9 Å². The van der Waals surface area contributed by atoms with Crippen LogP contribution >= 0.6 is 0 Å². The summed E-state index contributed by atoms with van der Waals surface area (Å²) < 4.78 is 16.8. The molecular formula is C26H31NO6. The van der Waals surface area contributed by atoms with Gasteiger partial charge in [0.1, 0.15) is 23.0 Å². The Morgan fingerprint density at radius 3 is 2.09 bits per heavy atom. The molecule has 1 heterocycles. The molecule has 2 aromatic carbocycles. The van der Waals surface area contributed by atoms with E-state index in [1.807, 2.05) is 39.8 Å². The molecule has 0 saturated carbocycles. The SMILES string of the molecule is CCCN1C(=O)C(=O)/C(=C(\O)c2ccc(OCC)cc2OCC)C1c1ccc(OCC)cc1. The summed E-state index contributed by atoms with van der Waals surface area (Å²) >= 11 is 0. The van der Waals surface area contributed by atoms with Gasteiger partial charge in [0.25, 0.3) is 11.7 Å². The fourth-order valence-electron chi connectivity index (χ4n) is 3.99. The van der Waals surface area contributed by atoms with Gasteiger partial charge < -0.3 is 24.2 Å². The third-order valence-electron chi connectivity index (χ3n) is 5.33. The molecule has 2 aromatic rings. The van der Waals surface area contributed by atoms with Crippen LogP contribution in [-0.4, -0.2) is 48.1 Å². The van der Waals surface area contributed by atoms with Crippen LogP contribution in [0.25, 0.3) is 5.76 Å². The first-order valence-electron chi connectivity index (χ1n) is 11.4.